The predicted octanol–water partition coefficient (Wildman–Crippen LogP) is 3.28. The molecule has 1 aromatic carbocycles. The summed E-state index contributed by atoms with van der Waals surface area (Å²) in [4.78, 5) is 8.68. The van der Waals surface area contributed by atoms with E-state index in [9.17, 15) is 13.6 Å². The molecular weight excluding hydrogens is 411 g/mol. The van der Waals surface area contributed by atoms with E-state index in [1.165, 1.54) is 32.3 Å². The Balaban J connectivity index is 2.10. The summed E-state index contributed by atoms with van der Waals surface area (Å²) in [6.45, 7) is 4.34. The molecule has 0 amide bonds. The molecular formula is C20H23FN4O4S. The number of rotatable bonds is 8. The molecule has 0 spiro atoms. The van der Waals surface area contributed by atoms with E-state index in [2.05, 4.69) is 14.7 Å². The fourth-order valence-corrected chi connectivity index (χ4v) is 4.01. The molecule has 0 saturated carbocycles. The molecule has 160 valence electrons. The molecule has 30 heavy (non-hydrogen) atoms. The standard InChI is InChI=1S/C20H23FN4O4S/c1-4-12-30(27,28)24-18-19(23-16-10-6-5-9-15(16)22-18)29-17(20(2,3)21)14-8-7-11-25(26)13-14/h5-11,13,17H,4,12H2,1-3H3,(H,22,24). The Bertz CT molecular complexity index is 1150. The molecule has 0 saturated heterocycles. The second-order valence-corrected chi connectivity index (χ2v) is 9.19. The number of nitrogens with zero attached hydrogens (tertiary/aromatic N) is 3. The predicted molar refractivity (Wildman–Crippen MR) is 111 cm³/mol. The van der Waals surface area contributed by atoms with E-state index >= 15 is 4.39 Å². The summed E-state index contributed by atoms with van der Waals surface area (Å²) in [6.07, 6.45) is 1.64. The summed E-state index contributed by atoms with van der Waals surface area (Å²) in [6, 6.07) is 9.88. The average molecular weight is 434 g/mol. The highest BCUT2D eigenvalue weighted by atomic mass is 32.2. The van der Waals surface area contributed by atoms with Crippen molar-refractivity contribution in [1.29, 1.82) is 0 Å². The first-order chi connectivity index (χ1) is 14.1. The highest BCUT2D eigenvalue weighted by Gasteiger charge is 2.35. The van der Waals surface area contributed by atoms with Crippen molar-refractivity contribution in [3.8, 4) is 5.88 Å². The van der Waals surface area contributed by atoms with E-state index < -0.39 is 21.8 Å². The Morgan fingerprint density at radius 3 is 2.47 bits per heavy atom. The molecule has 8 nitrogen and oxygen atoms in total. The molecule has 0 aliphatic carbocycles. The van der Waals surface area contributed by atoms with Gasteiger partial charge in [-0.05, 0) is 38.5 Å². The fourth-order valence-electron chi connectivity index (χ4n) is 2.94. The molecule has 0 radical (unpaired) electrons. The minimum atomic E-state index is -3.70. The number of hydrogen-bond donors (Lipinski definition) is 1. The largest absolute Gasteiger partial charge is 0.619 e. The molecule has 0 aliphatic heterocycles. The number of benzene rings is 1. The molecule has 0 fully saturated rings. The van der Waals surface area contributed by atoms with Crippen molar-refractivity contribution in [2.75, 3.05) is 10.5 Å². The number of nitrogens with one attached hydrogen (secondary N) is 1. The molecule has 2 heterocycles. The van der Waals surface area contributed by atoms with Crippen LogP contribution in [-0.2, 0) is 10.0 Å². The molecule has 3 aromatic rings. The molecule has 2 aromatic heterocycles. The van der Waals surface area contributed by atoms with Crippen LogP contribution < -0.4 is 14.2 Å². The first kappa shape index (κ1) is 21.7. The third kappa shape index (κ3) is 5.12. The quantitative estimate of drug-likeness (QED) is 0.431. The number of ether oxygens (including phenoxy) is 1. The van der Waals surface area contributed by atoms with Gasteiger partial charge in [0.2, 0.25) is 15.8 Å². The van der Waals surface area contributed by atoms with Crippen LogP contribution in [0.5, 0.6) is 5.88 Å². The molecule has 1 N–H and O–H groups in total. The molecule has 0 bridgehead atoms. The van der Waals surface area contributed by atoms with E-state index in [4.69, 9.17) is 4.74 Å². The topological polar surface area (TPSA) is 108 Å². The van der Waals surface area contributed by atoms with Crippen LogP contribution in [0, 0.1) is 5.21 Å². The Morgan fingerprint density at radius 1 is 1.20 bits per heavy atom. The maximum atomic E-state index is 15.0. The van der Waals surface area contributed by atoms with Gasteiger partial charge in [0.15, 0.2) is 18.5 Å². The minimum absolute atomic E-state index is 0.117. The van der Waals surface area contributed by atoms with Crippen molar-refractivity contribution >= 4 is 26.9 Å². The van der Waals surface area contributed by atoms with Crippen molar-refractivity contribution in [2.45, 2.75) is 39.0 Å². The Hall–Kier alpha value is -3.01. The Morgan fingerprint density at radius 2 is 1.87 bits per heavy atom. The molecule has 3 rings (SSSR count). The van der Waals surface area contributed by atoms with Crippen LogP contribution in [-0.4, -0.2) is 29.8 Å². The first-order valence-corrected chi connectivity index (χ1v) is 11.1. The number of hydrogen-bond acceptors (Lipinski definition) is 6. The third-order valence-corrected chi connectivity index (χ3v) is 5.67. The zero-order valence-corrected chi connectivity index (χ0v) is 17.7. The number of para-hydroxylation sites is 2. The van der Waals surface area contributed by atoms with Crippen LogP contribution in [0.4, 0.5) is 10.2 Å². The van der Waals surface area contributed by atoms with E-state index in [1.807, 2.05) is 0 Å². The number of sulfonamides is 1. The lowest BCUT2D eigenvalue weighted by atomic mass is 9.97. The SMILES string of the molecule is CCCS(=O)(=O)Nc1nc2ccccc2nc1OC(c1ccc[n+]([O-])c1)C(C)(C)F. The van der Waals surface area contributed by atoms with Gasteiger partial charge in [-0.3, -0.25) is 4.72 Å². The summed E-state index contributed by atoms with van der Waals surface area (Å²) in [5, 5.41) is 11.7. The van der Waals surface area contributed by atoms with Gasteiger partial charge >= 0.3 is 0 Å². The molecule has 1 atom stereocenters. The highest BCUT2D eigenvalue weighted by molar-refractivity contribution is 7.92. The molecule has 1 unspecified atom stereocenters. The lowest BCUT2D eigenvalue weighted by Crippen LogP contribution is -2.33. The lowest BCUT2D eigenvalue weighted by Gasteiger charge is -2.27. The van der Waals surface area contributed by atoms with Crippen LogP contribution in [0.1, 0.15) is 38.9 Å². The maximum absolute atomic E-state index is 15.0. The second kappa shape index (κ2) is 8.39. The Labute approximate surface area is 174 Å². The fraction of sp³-hybridized carbons (Fsp3) is 0.350. The lowest BCUT2D eigenvalue weighted by molar-refractivity contribution is -0.606. The van der Waals surface area contributed by atoms with Gasteiger partial charge in [-0.15, -0.1) is 0 Å². The van der Waals surface area contributed by atoms with E-state index in [1.54, 1.807) is 37.3 Å². The van der Waals surface area contributed by atoms with Crippen molar-refractivity contribution in [3.05, 3.63) is 59.6 Å². The van der Waals surface area contributed by atoms with Gasteiger partial charge < -0.3 is 9.94 Å². The Kier molecular flexibility index (Phi) is 6.06. The third-order valence-electron chi connectivity index (χ3n) is 4.22. The zero-order chi connectivity index (χ0) is 21.9. The highest BCUT2D eigenvalue weighted by Crippen LogP contribution is 2.36. The smallest absolute Gasteiger partial charge is 0.259 e. The van der Waals surface area contributed by atoms with Crippen molar-refractivity contribution < 1.29 is 22.3 Å². The second-order valence-electron chi connectivity index (χ2n) is 7.35. The van der Waals surface area contributed by atoms with E-state index in [0.29, 0.717) is 22.2 Å². The van der Waals surface area contributed by atoms with Crippen LogP contribution in [0.15, 0.2) is 48.8 Å². The van der Waals surface area contributed by atoms with Gasteiger partial charge in [0, 0.05) is 6.07 Å². The summed E-state index contributed by atoms with van der Waals surface area (Å²) in [5.74, 6) is -0.429. The van der Waals surface area contributed by atoms with Crippen molar-refractivity contribution in [1.82, 2.24) is 9.97 Å². The average Bonchev–Trinajstić information content (AvgIpc) is 2.64. The van der Waals surface area contributed by atoms with Crippen molar-refractivity contribution in [2.24, 2.45) is 0 Å². The van der Waals surface area contributed by atoms with Gasteiger partial charge in [-0.1, -0.05) is 19.1 Å². The normalized spacial score (nSPS) is 13.2. The van der Waals surface area contributed by atoms with Crippen LogP contribution >= 0.6 is 0 Å². The summed E-state index contributed by atoms with van der Waals surface area (Å²) in [5.41, 5.74) is -0.737. The number of fused-ring (bicyclic) bond motifs is 1. The van der Waals surface area contributed by atoms with Gasteiger partial charge in [-0.2, -0.15) is 4.73 Å². The zero-order valence-electron chi connectivity index (χ0n) is 16.9. The van der Waals surface area contributed by atoms with Gasteiger partial charge in [0.25, 0.3) is 5.88 Å². The monoisotopic (exact) mass is 434 g/mol. The van der Waals surface area contributed by atoms with E-state index in [-0.39, 0.29) is 23.0 Å². The van der Waals surface area contributed by atoms with Gasteiger partial charge in [0.05, 0.1) is 22.3 Å². The van der Waals surface area contributed by atoms with E-state index in [0.717, 1.165) is 0 Å². The summed E-state index contributed by atoms with van der Waals surface area (Å²) in [7, 11) is -3.70. The number of alkyl halides is 1. The van der Waals surface area contributed by atoms with Gasteiger partial charge in [-0.25, -0.2) is 22.8 Å². The first-order valence-electron chi connectivity index (χ1n) is 9.40. The number of pyridine rings is 1. The molecule has 10 heteroatoms. The summed E-state index contributed by atoms with van der Waals surface area (Å²) >= 11 is 0. The van der Waals surface area contributed by atoms with Crippen molar-refractivity contribution in [3.63, 3.8) is 0 Å². The minimum Gasteiger partial charge on any atom is -0.619 e. The summed E-state index contributed by atoms with van der Waals surface area (Å²) < 4.78 is 48.5. The number of aromatic nitrogens is 3. The van der Waals surface area contributed by atoms with Crippen LogP contribution in [0.2, 0.25) is 0 Å². The number of halogens is 1. The number of anilines is 1. The van der Waals surface area contributed by atoms with Crippen LogP contribution in [0.3, 0.4) is 0 Å². The molecule has 0 aliphatic rings. The van der Waals surface area contributed by atoms with Gasteiger partial charge in [0.1, 0.15) is 5.67 Å². The maximum Gasteiger partial charge on any atom is 0.259 e. The van der Waals surface area contributed by atoms with Crippen LogP contribution in [0.25, 0.3) is 11.0 Å².